The topological polar surface area (TPSA) is 72.9 Å². The summed E-state index contributed by atoms with van der Waals surface area (Å²) in [5.41, 5.74) is 9.66. The van der Waals surface area contributed by atoms with Crippen LogP contribution in [0, 0.1) is 6.92 Å². The number of anilines is 2. The van der Waals surface area contributed by atoms with Gasteiger partial charge in [-0.2, -0.15) is 0 Å². The first kappa shape index (κ1) is 13.2. The van der Waals surface area contributed by atoms with Crippen molar-refractivity contribution in [1.29, 1.82) is 0 Å². The molecule has 0 atom stereocenters. The monoisotopic (exact) mass is 280 g/mol. The predicted octanol–water partition coefficient (Wildman–Crippen LogP) is 2.72. The molecule has 3 N–H and O–H groups in total. The summed E-state index contributed by atoms with van der Waals surface area (Å²) in [4.78, 5) is 15.9. The van der Waals surface area contributed by atoms with Crippen molar-refractivity contribution in [3.8, 4) is 0 Å². The number of aryl methyl sites for hydroxylation is 2. The van der Waals surface area contributed by atoms with E-state index in [1.54, 1.807) is 17.0 Å². The lowest BCUT2D eigenvalue weighted by Gasteiger charge is -2.08. The van der Waals surface area contributed by atoms with Crippen LogP contribution >= 0.6 is 0 Å². The van der Waals surface area contributed by atoms with Crippen molar-refractivity contribution in [3.63, 3.8) is 0 Å². The number of carbonyl (C=O) groups excluding carboxylic acids is 1. The molecule has 0 aliphatic rings. The lowest BCUT2D eigenvalue weighted by molar-refractivity contribution is 0.0994. The number of hydrogen-bond acceptors (Lipinski definition) is 3. The van der Waals surface area contributed by atoms with Gasteiger partial charge in [0, 0.05) is 30.5 Å². The van der Waals surface area contributed by atoms with Crippen molar-refractivity contribution < 1.29 is 4.79 Å². The first-order valence-corrected chi connectivity index (χ1v) is 6.64. The zero-order valence-corrected chi connectivity index (χ0v) is 11.9. The summed E-state index contributed by atoms with van der Waals surface area (Å²) < 4.78 is 1.79. The Labute approximate surface area is 122 Å². The van der Waals surface area contributed by atoms with Gasteiger partial charge >= 0.3 is 0 Å². The van der Waals surface area contributed by atoms with Crippen molar-refractivity contribution >= 4 is 28.2 Å². The van der Waals surface area contributed by atoms with E-state index in [1.165, 1.54) is 5.56 Å². The summed E-state index contributed by atoms with van der Waals surface area (Å²) in [6, 6.07) is 9.82. The van der Waals surface area contributed by atoms with Gasteiger partial charge in [-0.3, -0.25) is 9.78 Å². The molecule has 0 radical (unpaired) electrons. The number of fused-ring (bicyclic) bond motifs is 1. The fourth-order valence-corrected chi connectivity index (χ4v) is 2.48. The molecule has 5 nitrogen and oxygen atoms in total. The molecule has 0 spiro atoms. The number of hydrogen-bond donors (Lipinski definition) is 2. The second kappa shape index (κ2) is 4.94. The van der Waals surface area contributed by atoms with Crippen molar-refractivity contribution in [2.45, 2.75) is 6.92 Å². The molecule has 3 aromatic rings. The molecule has 5 heteroatoms. The molecule has 2 aromatic heterocycles. The van der Waals surface area contributed by atoms with Crippen LogP contribution < -0.4 is 11.1 Å². The quantitative estimate of drug-likeness (QED) is 0.774. The molecule has 106 valence electrons. The number of benzene rings is 1. The van der Waals surface area contributed by atoms with Gasteiger partial charge in [-0.25, -0.2) is 0 Å². The Morgan fingerprint density at radius 1 is 1.24 bits per heavy atom. The highest BCUT2D eigenvalue weighted by Gasteiger charge is 2.19. The highest BCUT2D eigenvalue weighted by Crippen LogP contribution is 2.31. The van der Waals surface area contributed by atoms with Crippen LogP contribution in [-0.2, 0) is 7.05 Å². The van der Waals surface area contributed by atoms with Crippen LogP contribution in [0.3, 0.4) is 0 Å². The van der Waals surface area contributed by atoms with E-state index in [0.717, 1.165) is 16.6 Å². The lowest BCUT2D eigenvalue weighted by atomic mass is 10.2. The molecule has 0 unspecified atom stereocenters. The zero-order valence-electron chi connectivity index (χ0n) is 11.9. The van der Waals surface area contributed by atoms with E-state index < -0.39 is 5.91 Å². The number of rotatable bonds is 3. The molecular formula is C16H16N4O. The highest BCUT2D eigenvalue weighted by molar-refractivity contribution is 6.08. The Bertz CT molecular complexity index is 818. The number of nitrogens with two attached hydrogens (primary N) is 1. The van der Waals surface area contributed by atoms with E-state index in [9.17, 15) is 4.79 Å². The molecule has 2 heterocycles. The van der Waals surface area contributed by atoms with Crippen molar-refractivity contribution in [2.75, 3.05) is 5.32 Å². The van der Waals surface area contributed by atoms with E-state index in [-0.39, 0.29) is 0 Å². The number of nitrogens with one attached hydrogen (secondary N) is 1. The average Bonchev–Trinajstić information content (AvgIpc) is 2.75. The molecule has 1 aromatic carbocycles. The highest BCUT2D eigenvalue weighted by atomic mass is 16.1. The van der Waals surface area contributed by atoms with Gasteiger partial charge in [-0.1, -0.05) is 17.7 Å². The lowest BCUT2D eigenvalue weighted by Crippen LogP contribution is -2.16. The summed E-state index contributed by atoms with van der Waals surface area (Å²) in [6.07, 6.45) is 3.43. The Morgan fingerprint density at radius 2 is 1.95 bits per heavy atom. The summed E-state index contributed by atoms with van der Waals surface area (Å²) in [5.74, 6) is -0.469. The van der Waals surface area contributed by atoms with E-state index in [4.69, 9.17) is 5.73 Å². The van der Waals surface area contributed by atoms with E-state index in [2.05, 4.69) is 10.3 Å². The summed E-state index contributed by atoms with van der Waals surface area (Å²) in [6.45, 7) is 2.03. The van der Waals surface area contributed by atoms with Gasteiger partial charge in [0.15, 0.2) is 0 Å². The maximum absolute atomic E-state index is 11.8. The standard InChI is InChI=1S/C16H16N4O/c1-10-3-5-11(6-4-10)19-14-12-9-18-8-7-13(12)20(2)15(14)16(17)21/h3-9,19H,1-2H3,(H2,17,21). The minimum Gasteiger partial charge on any atom is -0.364 e. The molecular weight excluding hydrogens is 264 g/mol. The van der Waals surface area contributed by atoms with Gasteiger partial charge in [0.05, 0.1) is 11.2 Å². The Morgan fingerprint density at radius 3 is 2.62 bits per heavy atom. The second-order valence-electron chi connectivity index (χ2n) is 5.03. The van der Waals surface area contributed by atoms with Crippen LogP contribution in [0.1, 0.15) is 16.1 Å². The second-order valence-corrected chi connectivity index (χ2v) is 5.03. The molecule has 21 heavy (non-hydrogen) atoms. The SMILES string of the molecule is Cc1ccc(Nc2c(C(N)=O)n(C)c3ccncc23)cc1. The largest absolute Gasteiger partial charge is 0.364 e. The van der Waals surface area contributed by atoms with Crippen molar-refractivity contribution in [1.82, 2.24) is 9.55 Å². The maximum atomic E-state index is 11.8. The summed E-state index contributed by atoms with van der Waals surface area (Å²) >= 11 is 0. The number of nitrogens with zero attached hydrogens (tertiary/aromatic N) is 2. The summed E-state index contributed by atoms with van der Waals surface area (Å²) in [5, 5.41) is 4.15. The average molecular weight is 280 g/mol. The fraction of sp³-hybridized carbons (Fsp3) is 0.125. The number of amides is 1. The Balaban J connectivity index is 2.18. The third-order valence-electron chi connectivity index (χ3n) is 3.56. The van der Waals surface area contributed by atoms with E-state index >= 15 is 0 Å². The molecule has 0 aliphatic heterocycles. The minimum absolute atomic E-state index is 0.443. The first-order valence-electron chi connectivity index (χ1n) is 6.64. The number of aromatic nitrogens is 2. The van der Waals surface area contributed by atoms with Crippen molar-refractivity contribution in [3.05, 3.63) is 54.0 Å². The van der Waals surface area contributed by atoms with Crippen LogP contribution in [0.5, 0.6) is 0 Å². The van der Waals surface area contributed by atoms with Gasteiger partial charge in [-0.05, 0) is 25.1 Å². The number of primary amides is 1. The molecule has 1 amide bonds. The smallest absolute Gasteiger partial charge is 0.267 e. The molecule has 0 bridgehead atoms. The molecule has 0 saturated carbocycles. The van der Waals surface area contributed by atoms with Gasteiger partial charge in [0.2, 0.25) is 0 Å². The number of pyridine rings is 1. The third-order valence-corrected chi connectivity index (χ3v) is 3.56. The zero-order chi connectivity index (χ0) is 15.0. The molecule has 0 saturated heterocycles. The Kier molecular flexibility index (Phi) is 3.10. The number of carbonyl (C=O) groups is 1. The predicted molar refractivity (Wildman–Crippen MR) is 83.7 cm³/mol. The van der Waals surface area contributed by atoms with E-state index in [1.807, 2.05) is 44.3 Å². The van der Waals surface area contributed by atoms with Gasteiger partial charge in [0.1, 0.15) is 5.69 Å². The van der Waals surface area contributed by atoms with Crippen LogP contribution in [0.15, 0.2) is 42.7 Å². The van der Waals surface area contributed by atoms with Crippen molar-refractivity contribution in [2.24, 2.45) is 12.8 Å². The molecule has 0 fully saturated rings. The fourth-order valence-electron chi connectivity index (χ4n) is 2.48. The van der Waals surface area contributed by atoms with Crippen LogP contribution in [-0.4, -0.2) is 15.5 Å². The van der Waals surface area contributed by atoms with E-state index in [0.29, 0.717) is 11.4 Å². The first-order chi connectivity index (χ1) is 10.1. The van der Waals surface area contributed by atoms with Gasteiger partial charge in [-0.15, -0.1) is 0 Å². The van der Waals surface area contributed by atoms with Gasteiger partial charge in [0.25, 0.3) is 5.91 Å². The normalized spacial score (nSPS) is 10.8. The van der Waals surface area contributed by atoms with Crippen LogP contribution in [0.4, 0.5) is 11.4 Å². The summed E-state index contributed by atoms with van der Waals surface area (Å²) in [7, 11) is 1.82. The van der Waals surface area contributed by atoms with Gasteiger partial charge < -0.3 is 15.6 Å². The molecule has 3 rings (SSSR count). The van der Waals surface area contributed by atoms with Crippen LogP contribution in [0.25, 0.3) is 10.9 Å². The Hall–Kier alpha value is -2.82. The minimum atomic E-state index is -0.469. The molecule has 0 aliphatic carbocycles. The third kappa shape index (κ3) is 2.23. The van der Waals surface area contributed by atoms with Crippen LogP contribution in [0.2, 0.25) is 0 Å². The maximum Gasteiger partial charge on any atom is 0.267 e.